The third kappa shape index (κ3) is 2.77. The average Bonchev–Trinajstić information content (AvgIpc) is 2.60. The Labute approximate surface area is 121 Å². The molecule has 2 aromatic rings. The molecule has 0 bridgehead atoms. The predicted octanol–water partition coefficient (Wildman–Crippen LogP) is 3.53. The van der Waals surface area contributed by atoms with Crippen LogP contribution in [-0.4, -0.2) is 9.78 Å². The number of benzene rings is 1. The summed E-state index contributed by atoms with van der Waals surface area (Å²) < 4.78 is 3.15. The number of hydrogen-bond acceptors (Lipinski definition) is 3. The van der Waals surface area contributed by atoms with Crippen molar-refractivity contribution in [3.8, 4) is 0 Å². The van der Waals surface area contributed by atoms with Crippen LogP contribution in [0.1, 0.15) is 19.0 Å². The Kier molecular flexibility index (Phi) is 4.11. The van der Waals surface area contributed by atoms with E-state index in [1.807, 2.05) is 23.7 Å². The number of aromatic nitrogens is 2. The number of halogens is 1. The summed E-state index contributed by atoms with van der Waals surface area (Å²) in [6.45, 7) is 4.92. The van der Waals surface area contributed by atoms with Crippen LogP contribution in [0.5, 0.6) is 0 Å². The van der Waals surface area contributed by atoms with E-state index in [4.69, 9.17) is 5.73 Å². The Morgan fingerprint density at radius 1 is 1.33 bits per heavy atom. The Balaban J connectivity index is 2.30. The lowest BCUT2D eigenvalue weighted by molar-refractivity contribution is 0.605. The molecule has 0 amide bonds. The first-order valence-electron chi connectivity index (χ1n) is 5.97. The summed E-state index contributed by atoms with van der Waals surface area (Å²) >= 11 is 2.29. The van der Waals surface area contributed by atoms with E-state index in [1.165, 1.54) is 3.57 Å². The van der Waals surface area contributed by atoms with Gasteiger partial charge in [-0.2, -0.15) is 5.10 Å². The second-order valence-electron chi connectivity index (χ2n) is 4.20. The highest BCUT2D eigenvalue weighted by Crippen LogP contribution is 2.26. The average molecular weight is 356 g/mol. The summed E-state index contributed by atoms with van der Waals surface area (Å²) in [5.74, 6) is 0.885. The molecule has 0 saturated heterocycles. The van der Waals surface area contributed by atoms with E-state index in [9.17, 15) is 0 Å². The molecule has 96 valence electrons. The Bertz CT molecular complexity index is 531. The lowest BCUT2D eigenvalue weighted by Gasteiger charge is -2.10. The van der Waals surface area contributed by atoms with Crippen molar-refractivity contribution in [1.82, 2.24) is 9.78 Å². The van der Waals surface area contributed by atoms with Crippen LogP contribution >= 0.6 is 22.6 Å². The fourth-order valence-corrected chi connectivity index (χ4v) is 2.13. The number of nitrogens with one attached hydrogen (secondary N) is 1. The lowest BCUT2D eigenvalue weighted by atomic mass is 10.3. The SMILES string of the molecule is CCCn1nc(C)c(N)c1Nc1ccc(I)cc1. The summed E-state index contributed by atoms with van der Waals surface area (Å²) in [5.41, 5.74) is 8.69. The summed E-state index contributed by atoms with van der Waals surface area (Å²) in [7, 11) is 0. The number of hydrogen-bond donors (Lipinski definition) is 2. The molecule has 0 atom stereocenters. The van der Waals surface area contributed by atoms with Crippen LogP contribution in [0.2, 0.25) is 0 Å². The van der Waals surface area contributed by atoms with Crippen LogP contribution in [0.3, 0.4) is 0 Å². The van der Waals surface area contributed by atoms with E-state index in [2.05, 4.69) is 52.1 Å². The van der Waals surface area contributed by atoms with Crippen molar-refractivity contribution in [2.45, 2.75) is 26.8 Å². The van der Waals surface area contributed by atoms with Gasteiger partial charge in [0.05, 0.1) is 11.4 Å². The van der Waals surface area contributed by atoms with Crippen LogP contribution < -0.4 is 11.1 Å². The molecule has 2 rings (SSSR count). The van der Waals surface area contributed by atoms with Gasteiger partial charge in [0.1, 0.15) is 0 Å². The molecule has 5 heteroatoms. The molecular weight excluding hydrogens is 339 g/mol. The molecule has 0 saturated carbocycles. The highest BCUT2D eigenvalue weighted by atomic mass is 127. The van der Waals surface area contributed by atoms with Crippen molar-refractivity contribution in [2.24, 2.45) is 0 Å². The molecule has 0 radical (unpaired) electrons. The quantitative estimate of drug-likeness (QED) is 0.824. The first-order chi connectivity index (χ1) is 8.61. The maximum Gasteiger partial charge on any atom is 0.152 e. The first-order valence-corrected chi connectivity index (χ1v) is 7.05. The third-order valence-corrected chi connectivity index (χ3v) is 3.44. The van der Waals surface area contributed by atoms with Crippen LogP contribution in [0.15, 0.2) is 24.3 Å². The van der Waals surface area contributed by atoms with Crippen molar-refractivity contribution in [3.63, 3.8) is 0 Å². The monoisotopic (exact) mass is 356 g/mol. The molecule has 0 spiro atoms. The smallest absolute Gasteiger partial charge is 0.152 e. The minimum absolute atomic E-state index is 0.724. The van der Waals surface area contributed by atoms with E-state index < -0.39 is 0 Å². The molecule has 1 aromatic heterocycles. The fraction of sp³-hybridized carbons (Fsp3) is 0.308. The van der Waals surface area contributed by atoms with Crippen molar-refractivity contribution in [1.29, 1.82) is 0 Å². The highest BCUT2D eigenvalue weighted by Gasteiger charge is 2.11. The molecule has 0 aliphatic rings. The molecule has 1 aromatic carbocycles. The van der Waals surface area contributed by atoms with Gasteiger partial charge in [0.25, 0.3) is 0 Å². The maximum atomic E-state index is 6.06. The molecule has 3 N–H and O–H groups in total. The van der Waals surface area contributed by atoms with Gasteiger partial charge in [-0.3, -0.25) is 0 Å². The van der Waals surface area contributed by atoms with E-state index in [0.29, 0.717) is 0 Å². The maximum absolute atomic E-state index is 6.06. The van der Waals surface area contributed by atoms with Crippen LogP contribution in [0, 0.1) is 10.5 Å². The summed E-state index contributed by atoms with van der Waals surface area (Å²) in [4.78, 5) is 0. The number of nitrogen functional groups attached to an aromatic ring is 1. The van der Waals surface area contributed by atoms with Gasteiger partial charge in [0.2, 0.25) is 0 Å². The number of rotatable bonds is 4. The second kappa shape index (κ2) is 5.60. The number of nitrogens with zero attached hydrogens (tertiary/aromatic N) is 2. The Morgan fingerprint density at radius 3 is 2.61 bits per heavy atom. The predicted molar refractivity (Wildman–Crippen MR) is 84.1 cm³/mol. The zero-order valence-corrected chi connectivity index (χ0v) is 12.7. The van der Waals surface area contributed by atoms with Crippen LogP contribution in [0.4, 0.5) is 17.2 Å². The van der Waals surface area contributed by atoms with Gasteiger partial charge in [-0.1, -0.05) is 6.92 Å². The fourth-order valence-electron chi connectivity index (χ4n) is 1.77. The van der Waals surface area contributed by atoms with E-state index >= 15 is 0 Å². The molecular formula is C13H17IN4. The van der Waals surface area contributed by atoms with Gasteiger partial charge in [-0.15, -0.1) is 0 Å². The lowest BCUT2D eigenvalue weighted by Crippen LogP contribution is -2.05. The number of nitrogens with two attached hydrogens (primary N) is 1. The summed E-state index contributed by atoms with van der Waals surface area (Å²) in [5, 5.41) is 7.79. The Hall–Kier alpha value is -1.24. The molecule has 1 heterocycles. The summed E-state index contributed by atoms with van der Waals surface area (Å²) in [6, 6.07) is 8.21. The van der Waals surface area contributed by atoms with E-state index in [-0.39, 0.29) is 0 Å². The van der Waals surface area contributed by atoms with Gasteiger partial charge in [0, 0.05) is 15.8 Å². The minimum Gasteiger partial charge on any atom is -0.394 e. The van der Waals surface area contributed by atoms with Crippen molar-refractivity contribution < 1.29 is 0 Å². The highest BCUT2D eigenvalue weighted by molar-refractivity contribution is 14.1. The van der Waals surface area contributed by atoms with Crippen LogP contribution in [-0.2, 0) is 6.54 Å². The van der Waals surface area contributed by atoms with Crippen molar-refractivity contribution >= 4 is 39.8 Å². The molecule has 0 aliphatic heterocycles. The number of anilines is 3. The van der Waals surface area contributed by atoms with Crippen molar-refractivity contribution in [2.75, 3.05) is 11.1 Å². The topological polar surface area (TPSA) is 55.9 Å². The van der Waals surface area contributed by atoms with Crippen molar-refractivity contribution in [3.05, 3.63) is 33.5 Å². The third-order valence-electron chi connectivity index (χ3n) is 2.72. The van der Waals surface area contributed by atoms with Gasteiger partial charge in [-0.25, -0.2) is 4.68 Å². The largest absolute Gasteiger partial charge is 0.394 e. The van der Waals surface area contributed by atoms with Crippen LogP contribution in [0.25, 0.3) is 0 Å². The molecule has 0 unspecified atom stereocenters. The second-order valence-corrected chi connectivity index (χ2v) is 5.45. The molecule has 18 heavy (non-hydrogen) atoms. The standard InChI is InChI=1S/C13H17IN4/c1-3-8-18-13(12(15)9(2)17-18)16-11-6-4-10(14)5-7-11/h4-7,16H,3,8,15H2,1-2H3. The van der Waals surface area contributed by atoms with Gasteiger partial charge in [-0.05, 0) is 60.2 Å². The molecule has 0 fully saturated rings. The number of aryl methyl sites for hydroxylation is 2. The first kappa shape index (κ1) is 13.2. The van der Waals surface area contributed by atoms with Gasteiger partial charge < -0.3 is 11.1 Å². The van der Waals surface area contributed by atoms with Gasteiger partial charge >= 0.3 is 0 Å². The minimum atomic E-state index is 0.724. The molecule has 4 nitrogen and oxygen atoms in total. The zero-order valence-electron chi connectivity index (χ0n) is 10.6. The zero-order chi connectivity index (χ0) is 13.1. The molecule has 0 aliphatic carbocycles. The van der Waals surface area contributed by atoms with E-state index in [0.717, 1.165) is 35.9 Å². The summed E-state index contributed by atoms with van der Waals surface area (Å²) in [6.07, 6.45) is 1.03. The van der Waals surface area contributed by atoms with E-state index in [1.54, 1.807) is 0 Å². The Morgan fingerprint density at radius 2 is 2.00 bits per heavy atom. The van der Waals surface area contributed by atoms with Gasteiger partial charge in [0.15, 0.2) is 5.82 Å². The normalized spacial score (nSPS) is 10.6.